The van der Waals surface area contributed by atoms with E-state index in [-0.39, 0.29) is 54.2 Å². The first kappa shape index (κ1) is 30.9. The SMILES string of the molecule is [2H]C([2H])=C([2H])C(=O)OCCCCOC(=O)c1cc(OC(=O)c2ccc(OCCCC)cc2)ccc1OC(=O)c1ccc(OCCCC)cc1. The molecule has 46 heavy (non-hydrogen) atoms. The predicted octanol–water partition coefficient (Wildman–Crippen LogP) is 7.15. The van der Waals surface area contributed by atoms with E-state index < -0.39 is 36.5 Å². The van der Waals surface area contributed by atoms with E-state index in [0.717, 1.165) is 25.7 Å². The summed E-state index contributed by atoms with van der Waals surface area (Å²) in [5.74, 6) is -2.30. The zero-order valence-electron chi connectivity index (χ0n) is 29.0. The molecule has 0 spiro atoms. The molecule has 0 amide bonds. The van der Waals surface area contributed by atoms with Crippen LogP contribution in [0.4, 0.5) is 0 Å². The number of ether oxygens (including phenoxy) is 6. The van der Waals surface area contributed by atoms with Crippen molar-refractivity contribution in [3.8, 4) is 23.0 Å². The third-order valence-corrected chi connectivity index (χ3v) is 6.40. The molecule has 244 valence electrons. The van der Waals surface area contributed by atoms with Crippen LogP contribution in [0.3, 0.4) is 0 Å². The van der Waals surface area contributed by atoms with Gasteiger partial charge in [-0.15, -0.1) is 0 Å². The van der Waals surface area contributed by atoms with Crippen LogP contribution in [-0.4, -0.2) is 50.3 Å². The number of carbonyl (C=O) groups excluding carboxylic acids is 4. The minimum absolute atomic E-state index is 0.00271. The van der Waals surface area contributed by atoms with Crippen LogP contribution in [0.1, 0.15) is 87.6 Å². The van der Waals surface area contributed by atoms with Crippen molar-refractivity contribution in [1.29, 1.82) is 0 Å². The third kappa shape index (κ3) is 11.8. The maximum absolute atomic E-state index is 13.2. The second kappa shape index (κ2) is 19.3. The Morgan fingerprint density at radius 1 is 0.652 bits per heavy atom. The number of hydrogen-bond donors (Lipinski definition) is 0. The number of esters is 4. The van der Waals surface area contributed by atoms with E-state index in [9.17, 15) is 19.2 Å². The van der Waals surface area contributed by atoms with Crippen LogP contribution < -0.4 is 18.9 Å². The zero-order chi connectivity index (χ0) is 35.6. The Labute approximate surface area is 273 Å². The van der Waals surface area contributed by atoms with Gasteiger partial charge in [-0.2, -0.15) is 0 Å². The lowest BCUT2D eigenvalue weighted by atomic mass is 10.1. The van der Waals surface area contributed by atoms with E-state index in [1.165, 1.54) is 18.2 Å². The summed E-state index contributed by atoms with van der Waals surface area (Å²) in [6, 6.07) is 15.9. The molecule has 3 aromatic carbocycles. The summed E-state index contributed by atoms with van der Waals surface area (Å²) in [4.78, 5) is 50.6. The van der Waals surface area contributed by atoms with Gasteiger partial charge in [-0.1, -0.05) is 33.2 Å². The topological polar surface area (TPSA) is 124 Å². The summed E-state index contributed by atoms with van der Waals surface area (Å²) < 4.78 is 53.8. The van der Waals surface area contributed by atoms with Gasteiger partial charge in [0.2, 0.25) is 0 Å². The number of benzene rings is 3. The van der Waals surface area contributed by atoms with Crippen molar-refractivity contribution >= 4 is 23.9 Å². The summed E-state index contributed by atoms with van der Waals surface area (Å²) >= 11 is 0. The van der Waals surface area contributed by atoms with Gasteiger partial charge in [0, 0.05) is 6.05 Å². The molecular weight excluding hydrogens is 592 g/mol. The van der Waals surface area contributed by atoms with Gasteiger partial charge < -0.3 is 28.4 Å². The van der Waals surface area contributed by atoms with Crippen molar-refractivity contribution in [2.24, 2.45) is 0 Å². The molecular formula is C36H40O10. The summed E-state index contributed by atoms with van der Waals surface area (Å²) in [7, 11) is 0. The molecule has 0 radical (unpaired) electrons. The molecule has 10 heteroatoms. The number of unbranched alkanes of at least 4 members (excludes halogenated alkanes) is 3. The van der Waals surface area contributed by atoms with Gasteiger partial charge in [0.15, 0.2) is 0 Å². The molecule has 0 bridgehead atoms. The molecule has 0 heterocycles. The molecule has 0 atom stereocenters. The Morgan fingerprint density at radius 2 is 1.17 bits per heavy atom. The minimum atomic E-state index is -1.09. The van der Waals surface area contributed by atoms with Crippen molar-refractivity contribution < 1.29 is 51.7 Å². The predicted molar refractivity (Wildman–Crippen MR) is 171 cm³/mol. The van der Waals surface area contributed by atoms with E-state index in [1.807, 2.05) is 0 Å². The van der Waals surface area contributed by atoms with Gasteiger partial charge in [0.25, 0.3) is 0 Å². The summed E-state index contributed by atoms with van der Waals surface area (Å²) in [6.07, 6.45) is 4.30. The van der Waals surface area contributed by atoms with Crippen molar-refractivity contribution in [1.82, 2.24) is 0 Å². The van der Waals surface area contributed by atoms with Crippen LogP contribution in [0.15, 0.2) is 79.3 Å². The van der Waals surface area contributed by atoms with Crippen LogP contribution in [-0.2, 0) is 14.3 Å². The molecule has 3 aromatic rings. The van der Waals surface area contributed by atoms with Gasteiger partial charge >= 0.3 is 23.9 Å². The van der Waals surface area contributed by atoms with Crippen LogP contribution in [0.25, 0.3) is 0 Å². The molecule has 3 rings (SSSR count). The number of carbonyl (C=O) groups is 4. The number of rotatable bonds is 19. The minimum Gasteiger partial charge on any atom is -0.494 e. The summed E-state index contributed by atoms with van der Waals surface area (Å²) in [6.45, 7) is 4.05. The van der Waals surface area contributed by atoms with Crippen LogP contribution in [0.2, 0.25) is 0 Å². The summed E-state index contributed by atoms with van der Waals surface area (Å²) in [5, 5.41) is 0. The van der Waals surface area contributed by atoms with Gasteiger partial charge in [0.1, 0.15) is 28.6 Å². The fraction of sp³-hybridized carbons (Fsp3) is 0.333. The first-order chi connectivity index (χ1) is 23.6. The fourth-order valence-electron chi connectivity index (χ4n) is 3.84. The fourth-order valence-corrected chi connectivity index (χ4v) is 3.84. The molecule has 0 saturated heterocycles. The second-order valence-electron chi connectivity index (χ2n) is 9.99. The lowest BCUT2D eigenvalue weighted by molar-refractivity contribution is -0.137. The third-order valence-electron chi connectivity index (χ3n) is 6.40. The molecule has 0 aliphatic heterocycles. The van der Waals surface area contributed by atoms with Crippen LogP contribution in [0, 0.1) is 0 Å². The first-order valence-corrected chi connectivity index (χ1v) is 15.1. The van der Waals surface area contributed by atoms with Gasteiger partial charge in [-0.25, -0.2) is 19.2 Å². The highest BCUT2D eigenvalue weighted by atomic mass is 16.6. The number of hydrogen-bond acceptors (Lipinski definition) is 10. The Bertz CT molecular complexity index is 1580. The molecule has 0 N–H and O–H groups in total. The monoisotopic (exact) mass is 635 g/mol. The van der Waals surface area contributed by atoms with E-state index >= 15 is 0 Å². The molecule has 0 aliphatic rings. The second-order valence-corrected chi connectivity index (χ2v) is 9.99. The van der Waals surface area contributed by atoms with E-state index in [1.54, 1.807) is 48.5 Å². The van der Waals surface area contributed by atoms with Crippen molar-refractivity contribution in [2.75, 3.05) is 26.4 Å². The van der Waals surface area contributed by atoms with Crippen LogP contribution >= 0.6 is 0 Å². The van der Waals surface area contributed by atoms with Crippen LogP contribution in [0.5, 0.6) is 23.0 Å². The van der Waals surface area contributed by atoms with E-state index in [2.05, 4.69) is 13.8 Å². The molecule has 0 aromatic heterocycles. The summed E-state index contributed by atoms with van der Waals surface area (Å²) in [5.41, 5.74) is 0.287. The maximum Gasteiger partial charge on any atom is 0.343 e. The Hall–Kier alpha value is -5.12. The highest BCUT2D eigenvalue weighted by Gasteiger charge is 2.21. The van der Waals surface area contributed by atoms with Gasteiger partial charge in [0.05, 0.1) is 41.7 Å². The van der Waals surface area contributed by atoms with Gasteiger partial charge in [-0.05, 0) is 92.4 Å². The van der Waals surface area contributed by atoms with E-state index in [4.69, 9.17) is 32.5 Å². The van der Waals surface area contributed by atoms with Crippen molar-refractivity contribution in [3.05, 3.63) is 96.0 Å². The zero-order valence-corrected chi connectivity index (χ0v) is 26.0. The largest absolute Gasteiger partial charge is 0.494 e. The van der Waals surface area contributed by atoms with Crippen molar-refractivity contribution in [3.63, 3.8) is 0 Å². The maximum atomic E-state index is 13.2. The molecule has 10 nitrogen and oxygen atoms in total. The smallest absolute Gasteiger partial charge is 0.343 e. The lowest BCUT2D eigenvalue weighted by Crippen LogP contribution is -2.15. The highest BCUT2D eigenvalue weighted by molar-refractivity contribution is 5.97. The molecule has 0 saturated carbocycles. The standard InChI is InChI=1S/C36H40O10/c1-4-7-21-41-28-15-11-26(12-16-28)34(38)45-30-19-20-32(31(25-30)36(40)44-24-10-9-23-43-33(37)6-3)46-35(39)27-13-17-29(18-14-27)42-22-8-5-2/h6,11-20,25H,3-5,7-10,21-24H2,1-2H3/i3D2,6D. The highest BCUT2D eigenvalue weighted by Crippen LogP contribution is 2.27. The average Bonchev–Trinajstić information content (AvgIpc) is 3.10. The van der Waals surface area contributed by atoms with Gasteiger partial charge in [-0.3, -0.25) is 0 Å². The quantitative estimate of drug-likeness (QED) is 0.0581. The Balaban J connectivity index is 1.70. The first-order valence-electron chi connectivity index (χ1n) is 16.6. The van der Waals surface area contributed by atoms with E-state index in [0.29, 0.717) is 24.7 Å². The normalized spacial score (nSPS) is 11.2. The lowest BCUT2D eigenvalue weighted by Gasteiger charge is -2.13. The molecule has 0 unspecified atom stereocenters. The molecule has 0 aliphatic carbocycles. The molecule has 0 fully saturated rings. The average molecular weight is 636 g/mol. The Morgan fingerprint density at radius 3 is 1.72 bits per heavy atom. The van der Waals surface area contributed by atoms with Crippen molar-refractivity contribution in [2.45, 2.75) is 52.4 Å². The Kier molecular flexibility index (Phi) is 13.0.